The number of hydrogen-bond donors (Lipinski definition) is 1. The summed E-state index contributed by atoms with van der Waals surface area (Å²) in [6, 6.07) is 6.22. The number of carboxylic acids is 1. The monoisotopic (exact) mass is 370 g/mol. The Morgan fingerprint density at radius 1 is 1.48 bits per heavy atom. The molecule has 0 bridgehead atoms. The fraction of sp³-hybridized carbons (Fsp3) is 0.286. The molecule has 0 amide bonds. The van der Waals surface area contributed by atoms with Crippen LogP contribution in [-0.4, -0.2) is 25.1 Å². The molecule has 7 heteroatoms. The molecule has 1 atom stereocenters. The molecule has 1 aromatic carbocycles. The summed E-state index contributed by atoms with van der Waals surface area (Å²) < 4.78 is 15.1. The Labute approximate surface area is 133 Å². The van der Waals surface area contributed by atoms with Gasteiger partial charge in [-0.2, -0.15) is 5.10 Å². The number of aryl methyl sites for hydroxylation is 2. The molecule has 1 N–H and O–H groups in total. The van der Waals surface area contributed by atoms with Gasteiger partial charge in [0.25, 0.3) is 0 Å². The third-order valence-corrected chi connectivity index (χ3v) is 5.41. The molecule has 0 aliphatic carbocycles. The van der Waals surface area contributed by atoms with Crippen molar-refractivity contribution in [2.45, 2.75) is 31.0 Å². The van der Waals surface area contributed by atoms with E-state index in [1.807, 2.05) is 13.8 Å². The minimum absolute atomic E-state index is 0.139. The molecule has 5 nitrogen and oxygen atoms in total. The molecule has 2 rings (SSSR count). The van der Waals surface area contributed by atoms with Crippen molar-refractivity contribution in [3.8, 4) is 0 Å². The fourth-order valence-electron chi connectivity index (χ4n) is 1.99. The first-order valence-electron chi connectivity index (χ1n) is 6.37. The van der Waals surface area contributed by atoms with Gasteiger partial charge in [-0.05, 0) is 48.0 Å². The molecule has 2 aromatic rings. The van der Waals surface area contributed by atoms with E-state index >= 15 is 0 Å². The van der Waals surface area contributed by atoms with Crippen molar-refractivity contribution in [1.29, 1.82) is 0 Å². The summed E-state index contributed by atoms with van der Waals surface area (Å²) in [5.74, 6) is -0.734. The highest BCUT2D eigenvalue weighted by molar-refractivity contribution is 9.10. The average Bonchev–Trinajstić information content (AvgIpc) is 2.75. The summed E-state index contributed by atoms with van der Waals surface area (Å²) in [6.45, 7) is 4.54. The third kappa shape index (κ3) is 3.41. The summed E-state index contributed by atoms with van der Waals surface area (Å²) in [5.41, 5.74) is 1.84. The van der Waals surface area contributed by atoms with Gasteiger partial charge >= 0.3 is 5.97 Å². The molecule has 0 saturated carbocycles. The van der Waals surface area contributed by atoms with Crippen LogP contribution in [0.5, 0.6) is 0 Å². The van der Waals surface area contributed by atoms with Crippen LogP contribution in [0.25, 0.3) is 0 Å². The number of hydrogen-bond acceptors (Lipinski definition) is 3. The summed E-state index contributed by atoms with van der Waals surface area (Å²) >= 11 is 3.47. The standard InChI is InChI=1S/C14H15BrN2O3S/c1-3-17-12(13(15)9(2)16-17)8-21(20)11-6-4-5-10(7-11)14(18)19/h4-7H,3,8H2,1-2H3,(H,18,19). The van der Waals surface area contributed by atoms with E-state index in [0.717, 1.165) is 15.9 Å². The van der Waals surface area contributed by atoms with Crippen LogP contribution < -0.4 is 0 Å². The third-order valence-electron chi connectivity index (χ3n) is 3.06. The van der Waals surface area contributed by atoms with Crippen molar-refractivity contribution in [3.63, 3.8) is 0 Å². The molecule has 1 unspecified atom stereocenters. The van der Waals surface area contributed by atoms with E-state index in [-0.39, 0.29) is 5.56 Å². The van der Waals surface area contributed by atoms with Crippen LogP contribution in [-0.2, 0) is 23.1 Å². The lowest BCUT2D eigenvalue weighted by molar-refractivity contribution is 0.0696. The Bertz CT molecular complexity index is 712. The molecular weight excluding hydrogens is 356 g/mol. The van der Waals surface area contributed by atoms with Gasteiger partial charge in [-0.25, -0.2) is 4.79 Å². The highest BCUT2D eigenvalue weighted by Gasteiger charge is 2.16. The van der Waals surface area contributed by atoms with Crippen molar-refractivity contribution >= 4 is 32.7 Å². The van der Waals surface area contributed by atoms with Crippen LogP contribution in [0.1, 0.15) is 28.7 Å². The van der Waals surface area contributed by atoms with Crippen LogP contribution in [0, 0.1) is 6.92 Å². The molecule has 0 aliphatic rings. The van der Waals surface area contributed by atoms with Gasteiger partial charge in [0, 0.05) is 11.4 Å². The zero-order valence-corrected chi connectivity index (χ0v) is 14.1. The van der Waals surface area contributed by atoms with E-state index in [1.165, 1.54) is 12.1 Å². The maximum Gasteiger partial charge on any atom is 0.335 e. The van der Waals surface area contributed by atoms with E-state index in [0.29, 0.717) is 17.2 Å². The van der Waals surface area contributed by atoms with Crippen LogP contribution in [0.4, 0.5) is 0 Å². The van der Waals surface area contributed by atoms with Crippen molar-refractivity contribution in [2.75, 3.05) is 0 Å². The van der Waals surface area contributed by atoms with Gasteiger partial charge in [-0.1, -0.05) is 6.07 Å². The van der Waals surface area contributed by atoms with Gasteiger partial charge in [-0.3, -0.25) is 8.89 Å². The molecule has 21 heavy (non-hydrogen) atoms. The number of rotatable bonds is 5. The largest absolute Gasteiger partial charge is 0.478 e. The minimum Gasteiger partial charge on any atom is -0.478 e. The predicted molar refractivity (Wildman–Crippen MR) is 83.9 cm³/mol. The second-order valence-corrected chi connectivity index (χ2v) is 6.73. The molecule has 1 aromatic heterocycles. The van der Waals surface area contributed by atoms with Crippen LogP contribution in [0.3, 0.4) is 0 Å². The zero-order valence-electron chi connectivity index (χ0n) is 11.7. The second kappa shape index (κ2) is 6.53. The lowest BCUT2D eigenvalue weighted by Crippen LogP contribution is -2.07. The topological polar surface area (TPSA) is 72.2 Å². The molecule has 0 saturated heterocycles. The molecule has 1 heterocycles. The highest BCUT2D eigenvalue weighted by atomic mass is 79.9. The average molecular weight is 371 g/mol. The minimum atomic E-state index is -1.32. The Morgan fingerprint density at radius 2 is 2.19 bits per heavy atom. The molecule has 0 spiro atoms. The predicted octanol–water partition coefficient (Wildman–Crippen LogP) is 2.98. The maximum absolute atomic E-state index is 12.5. The summed E-state index contributed by atoms with van der Waals surface area (Å²) in [4.78, 5) is 11.5. The van der Waals surface area contributed by atoms with Crippen molar-refractivity contribution in [1.82, 2.24) is 9.78 Å². The zero-order chi connectivity index (χ0) is 15.6. The van der Waals surface area contributed by atoms with E-state index in [2.05, 4.69) is 21.0 Å². The van der Waals surface area contributed by atoms with Crippen LogP contribution >= 0.6 is 15.9 Å². The number of carboxylic acid groups (broad SMARTS) is 1. The number of carbonyl (C=O) groups is 1. The Morgan fingerprint density at radius 3 is 2.81 bits per heavy atom. The molecule has 0 fully saturated rings. The van der Waals surface area contributed by atoms with E-state index < -0.39 is 16.8 Å². The number of aromatic nitrogens is 2. The highest BCUT2D eigenvalue weighted by Crippen LogP contribution is 2.24. The fourth-order valence-corrected chi connectivity index (χ4v) is 3.79. The van der Waals surface area contributed by atoms with Crippen molar-refractivity contribution in [2.24, 2.45) is 0 Å². The number of aromatic carboxylic acids is 1. The second-order valence-electron chi connectivity index (χ2n) is 4.48. The number of halogens is 1. The molecule has 0 radical (unpaired) electrons. The molecular formula is C14H15BrN2O3S. The van der Waals surface area contributed by atoms with Crippen molar-refractivity contribution in [3.05, 3.63) is 45.7 Å². The first kappa shape index (κ1) is 15.9. The van der Waals surface area contributed by atoms with Gasteiger partial charge in [0.2, 0.25) is 0 Å². The van der Waals surface area contributed by atoms with Gasteiger partial charge in [0.05, 0.1) is 38.0 Å². The van der Waals surface area contributed by atoms with Crippen molar-refractivity contribution < 1.29 is 14.1 Å². The SMILES string of the molecule is CCn1nc(C)c(Br)c1CS(=O)c1cccc(C(=O)O)c1. The first-order chi connectivity index (χ1) is 9.93. The van der Waals surface area contributed by atoms with Gasteiger partial charge < -0.3 is 5.11 Å². The maximum atomic E-state index is 12.5. The summed E-state index contributed by atoms with van der Waals surface area (Å²) in [7, 11) is -1.32. The smallest absolute Gasteiger partial charge is 0.335 e. The first-order valence-corrected chi connectivity index (χ1v) is 8.48. The lowest BCUT2D eigenvalue weighted by atomic mass is 10.2. The van der Waals surface area contributed by atoms with Gasteiger partial charge in [0.1, 0.15) is 0 Å². The number of nitrogens with zero attached hydrogens (tertiary/aromatic N) is 2. The molecule has 0 aliphatic heterocycles. The Kier molecular flexibility index (Phi) is 4.95. The summed E-state index contributed by atoms with van der Waals surface area (Å²) in [6.07, 6.45) is 0. The van der Waals surface area contributed by atoms with E-state index in [4.69, 9.17) is 5.11 Å². The lowest BCUT2D eigenvalue weighted by Gasteiger charge is -2.06. The number of benzene rings is 1. The quantitative estimate of drug-likeness (QED) is 0.877. The molecule has 112 valence electrons. The Balaban J connectivity index is 2.30. The van der Waals surface area contributed by atoms with E-state index in [9.17, 15) is 9.00 Å². The van der Waals surface area contributed by atoms with Crippen LogP contribution in [0.2, 0.25) is 0 Å². The van der Waals surface area contributed by atoms with E-state index in [1.54, 1.807) is 16.8 Å². The van der Waals surface area contributed by atoms with Crippen LogP contribution in [0.15, 0.2) is 33.6 Å². The Hall–Kier alpha value is -1.47. The van der Waals surface area contributed by atoms with Gasteiger partial charge in [-0.15, -0.1) is 0 Å². The normalized spacial score (nSPS) is 12.3. The van der Waals surface area contributed by atoms with Gasteiger partial charge in [0.15, 0.2) is 0 Å². The summed E-state index contributed by atoms with van der Waals surface area (Å²) in [5, 5.41) is 13.4.